The van der Waals surface area contributed by atoms with Gasteiger partial charge < -0.3 is 15.3 Å². The highest BCUT2D eigenvalue weighted by Gasteiger charge is 2.25. The highest BCUT2D eigenvalue weighted by Crippen LogP contribution is 2.45. The van der Waals surface area contributed by atoms with Crippen molar-refractivity contribution >= 4 is 0 Å². The molecule has 40 heavy (non-hydrogen) atoms. The smallest absolute Gasteiger partial charge is 0.115 e. The maximum Gasteiger partial charge on any atom is 0.115 e. The van der Waals surface area contributed by atoms with E-state index in [4.69, 9.17) is 0 Å². The van der Waals surface area contributed by atoms with Gasteiger partial charge in [0, 0.05) is 5.92 Å². The summed E-state index contributed by atoms with van der Waals surface area (Å²) < 4.78 is 0. The van der Waals surface area contributed by atoms with Gasteiger partial charge in [-0.05, 0) is 86.5 Å². The molecule has 3 nitrogen and oxygen atoms in total. The minimum atomic E-state index is -0.153. The molecule has 6 aromatic carbocycles. The number of hydrogen-bond acceptors (Lipinski definition) is 3. The van der Waals surface area contributed by atoms with Crippen LogP contribution >= 0.6 is 0 Å². The van der Waals surface area contributed by atoms with Gasteiger partial charge >= 0.3 is 0 Å². The molecule has 194 valence electrons. The van der Waals surface area contributed by atoms with Crippen molar-refractivity contribution in [1.29, 1.82) is 0 Å². The van der Waals surface area contributed by atoms with Crippen molar-refractivity contribution in [3.63, 3.8) is 0 Å². The van der Waals surface area contributed by atoms with Gasteiger partial charge in [-0.25, -0.2) is 0 Å². The molecule has 0 aliphatic heterocycles. The van der Waals surface area contributed by atoms with E-state index in [2.05, 4.69) is 54.6 Å². The summed E-state index contributed by atoms with van der Waals surface area (Å²) >= 11 is 0. The first-order valence-corrected chi connectivity index (χ1v) is 13.2. The van der Waals surface area contributed by atoms with Crippen LogP contribution in [0, 0.1) is 0 Å². The third-order valence-corrected chi connectivity index (χ3v) is 7.35. The maximum absolute atomic E-state index is 9.97. The van der Waals surface area contributed by atoms with Crippen LogP contribution in [0.5, 0.6) is 17.2 Å². The molecule has 0 saturated carbocycles. The van der Waals surface area contributed by atoms with Gasteiger partial charge in [0.1, 0.15) is 17.2 Å². The number of hydrogen-bond donors (Lipinski definition) is 3. The van der Waals surface area contributed by atoms with Crippen molar-refractivity contribution in [1.82, 2.24) is 0 Å². The van der Waals surface area contributed by atoms with Crippen LogP contribution in [0.3, 0.4) is 0 Å². The van der Waals surface area contributed by atoms with Crippen molar-refractivity contribution in [3.8, 4) is 50.6 Å². The molecule has 0 spiro atoms. The fourth-order valence-electron chi connectivity index (χ4n) is 5.46. The Balaban J connectivity index is 1.64. The number of phenols is 3. The van der Waals surface area contributed by atoms with E-state index < -0.39 is 0 Å². The van der Waals surface area contributed by atoms with Gasteiger partial charge in [0.2, 0.25) is 0 Å². The fraction of sp³-hybridized carbons (Fsp3) is 0.0270. The molecule has 0 unspecified atom stereocenters. The molecule has 0 amide bonds. The van der Waals surface area contributed by atoms with Crippen molar-refractivity contribution in [3.05, 3.63) is 162 Å². The molecule has 0 aliphatic carbocycles. The molecule has 0 radical (unpaired) electrons. The Kier molecular flexibility index (Phi) is 6.78. The van der Waals surface area contributed by atoms with E-state index in [0.29, 0.717) is 0 Å². The van der Waals surface area contributed by atoms with E-state index >= 15 is 0 Å². The SMILES string of the molecule is Oc1ccc(-c2ccccc2C(c2ccccc2-c2ccc(O)cc2)c2ccccc2-c2ccc(O)cc2)cc1. The summed E-state index contributed by atoms with van der Waals surface area (Å²) in [5.41, 5.74) is 9.67. The van der Waals surface area contributed by atoms with Gasteiger partial charge in [0.25, 0.3) is 0 Å². The van der Waals surface area contributed by atoms with Crippen LogP contribution in [0.15, 0.2) is 146 Å². The molecular weight excluding hydrogens is 492 g/mol. The van der Waals surface area contributed by atoms with Crippen molar-refractivity contribution in [2.75, 3.05) is 0 Å². The minimum absolute atomic E-state index is 0.153. The van der Waals surface area contributed by atoms with Gasteiger partial charge in [-0.2, -0.15) is 0 Å². The lowest BCUT2D eigenvalue weighted by atomic mass is 9.76. The Morgan fingerprint density at radius 1 is 0.300 bits per heavy atom. The Morgan fingerprint density at radius 2 is 0.550 bits per heavy atom. The summed E-state index contributed by atoms with van der Waals surface area (Å²) in [5.74, 6) is 0.536. The Bertz CT molecular complexity index is 1540. The third-order valence-electron chi connectivity index (χ3n) is 7.35. The van der Waals surface area contributed by atoms with Gasteiger partial charge in [-0.1, -0.05) is 109 Å². The lowest BCUT2D eigenvalue weighted by molar-refractivity contribution is 0.475. The maximum atomic E-state index is 9.97. The standard InChI is InChI=1S/C37H28O3/c38-28-19-13-25(14-20-28)31-7-1-4-10-34(31)37(35-11-5-2-8-32(35)26-15-21-29(39)22-16-26)36-12-6-3-9-33(36)27-17-23-30(40)24-18-27/h1-24,37-40H. The third kappa shape index (κ3) is 4.93. The molecule has 0 saturated heterocycles. The van der Waals surface area contributed by atoms with Crippen LogP contribution < -0.4 is 0 Å². The molecule has 0 atom stereocenters. The van der Waals surface area contributed by atoms with Crippen molar-refractivity contribution in [2.45, 2.75) is 5.92 Å². The zero-order valence-corrected chi connectivity index (χ0v) is 21.8. The molecule has 0 fully saturated rings. The number of aromatic hydroxyl groups is 3. The molecule has 6 aromatic rings. The normalized spacial score (nSPS) is 11.0. The zero-order valence-electron chi connectivity index (χ0n) is 21.8. The highest BCUT2D eigenvalue weighted by atomic mass is 16.3. The van der Waals surface area contributed by atoms with E-state index in [1.54, 1.807) is 36.4 Å². The average molecular weight is 521 g/mol. The summed E-state index contributed by atoms with van der Waals surface area (Å²) in [7, 11) is 0. The minimum Gasteiger partial charge on any atom is -0.508 e. The van der Waals surface area contributed by atoms with E-state index in [0.717, 1.165) is 50.1 Å². The molecule has 0 aromatic heterocycles. The first kappa shape index (κ1) is 25.0. The average Bonchev–Trinajstić information content (AvgIpc) is 3.00. The van der Waals surface area contributed by atoms with Gasteiger partial charge in [0.05, 0.1) is 0 Å². The van der Waals surface area contributed by atoms with Crippen LogP contribution in [-0.4, -0.2) is 15.3 Å². The van der Waals surface area contributed by atoms with Crippen molar-refractivity contribution < 1.29 is 15.3 Å². The van der Waals surface area contributed by atoms with Crippen molar-refractivity contribution in [2.24, 2.45) is 0 Å². The van der Waals surface area contributed by atoms with E-state index in [1.165, 1.54) is 0 Å². The zero-order chi connectivity index (χ0) is 27.5. The predicted octanol–water partition coefficient (Wildman–Crippen LogP) is 8.98. The van der Waals surface area contributed by atoms with Crippen LogP contribution in [0.2, 0.25) is 0 Å². The molecule has 6 rings (SSSR count). The molecule has 0 heterocycles. The lowest BCUT2D eigenvalue weighted by Crippen LogP contribution is -2.08. The van der Waals surface area contributed by atoms with Crippen LogP contribution in [0.25, 0.3) is 33.4 Å². The fourth-order valence-corrected chi connectivity index (χ4v) is 5.46. The van der Waals surface area contributed by atoms with Crippen LogP contribution in [0.4, 0.5) is 0 Å². The summed E-state index contributed by atoms with van der Waals surface area (Å²) in [5, 5.41) is 29.9. The van der Waals surface area contributed by atoms with Crippen LogP contribution in [0.1, 0.15) is 22.6 Å². The Morgan fingerprint density at radius 3 is 0.825 bits per heavy atom. The summed E-state index contributed by atoms with van der Waals surface area (Å²) in [6, 6.07) is 47.2. The second kappa shape index (κ2) is 10.8. The molecule has 0 bridgehead atoms. The summed E-state index contributed by atoms with van der Waals surface area (Å²) in [6.07, 6.45) is 0. The topological polar surface area (TPSA) is 60.7 Å². The second-order valence-corrected chi connectivity index (χ2v) is 9.84. The monoisotopic (exact) mass is 520 g/mol. The largest absolute Gasteiger partial charge is 0.508 e. The molecule has 3 N–H and O–H groups in total. The first-order valence-electron chi connectivity index (χ1n) is 13.2. The summed E-state index contributed by atoms with van der Waals surface area (Å²) in [6.45, 7) is 0. The Labute approximate surface area is 233 Å². The molecule has 3 heteroatoms. The van der Waals surface area contributed by atoms with E-state index in [-0.39, 0.29) is 23.2 Å². The lowest BCUT2D eigenvalue weighted by Gasteiger charge is -2.27. The van der Waals surface area contributed by atoms with E-state index in [9.17, 15) is 15.3 Å². The molecular formula is C37H28O3. The highest BCUT2D eigenvalue weighted by molar-refractivity contribution is 5.78. The quantitative estimate of drug-likeness (QED) is 0.192. The number of phenolic OH excluding ortho intramolecular Hbond substituents is 3. The summed E-state index contributed by atoms with van der Waals surface area (Å²) in [4.78, 5) is 0. The second-order valence-electron chi connectivity index (χ2n) is 9.84. The van der Waals surface area contributed by atoms with Gasteiger partial charge in [0.15, 0.2) is 0 Å². The van der Waals surface area contributed by atoms with Crippen LogP contribution in [-0.2, 0) is 0 Å². The number of rotatable bonds is 6. The molecule has 0 aliphatic rings. The van der Waals surface area contributed by atoms with E-state index in [1.807, 2.05) is 54.6 Å². The number of benzene rings is 6. The van der Waals surface area contributed by atoms with Gasteiger partial charge in [-0.3, -0.25) is 0 Å². The Hall–Kier alpha value is -5.28. The first-order chi connectivity index (χ1) is 19.6. The predicted molar refractivity (Wildman–Crippen MR) is 162 cm³/mol. The van der Waals surface area contributed by atoms with Gasteiger partial charge in [-0.15, -0.1) is 0 Å².